The molecule has 1 aromatic rings. The molecule has 1 aliphatic rings. The summed E-state index contributed by atoms with van der Waals surface area (Å²) >= 11 is 5.80. The molecule has 0 unspecified atom stereocenters. The van der Waals surface area contributed by atoms with Crippen molar-refractivity contribution in [2.75, 3.05) is 26.2 Å². The number of benzene rings is 1. The molecule has 132 valence electrons. The number of likely N-dealkylation sites (tertiary alicyclic amines) is 1. The molecule has 1 fully saturated rings. The van der Waals surface area contributed by atoms with Crippen LogP contribution in [0.5, 0.6) is 5.75 Å². The van der Waals surface area contributed by atoms with E-state index in [1.54, 1.807) is 24.3 Å². The van der Waals surface area contributed by atoms with Crippen molar-refractivity contribution in [1.29, 1.82) is 0 Å². The molecule has 1 saturated heterocycles. The van der Waals surface area contributed by atoms with Crippen molar-refractivity contribution in [1.82, 2.24) is 10.2 Å². The fourth-order valence-electron chi connectivity index (χ4n) is 2.65. The Morgan fingerprint density at radius 2 is 2.00 bits per heavy atom. The average Bonchev–Trinajstić information content (AvgIpc) is 2.78. The van der Waals surface area contributed by atoms with Gasteiger partial charge >= 0.3 is 0 Å². The van der Waals surface area contributed by atoms with Crippen LogP contribution in [0.3, 0.4) is 0 Å². The van der Waals surface area contributed by atoms with Crippen LogP contribution in [0.2, 0.25) is 5.02 Å². The predicted molar refractivity (Wildman–Crippen MR) is 94.2 cm³/mol. The Hall–Kier alpha value is -1.75. The van der Waals surface area contributed by atoms with Gasteiger partial charge in [-0.05, 0) is 43.5 Å². The maximum Gasteiger partial charge on any atom is 0.222 e. The summed E-state index contributed by atoms with van der Waals surface area (Å²) in [5.41, 5.74) is 0. The van der Waals surface area contributed by atoms with E-state index in [0.29, 0.717) is 44.0 Å². The minimum atomic E-state index is -0.00280. The summed E-state index contributed by atoms with van der Waals surface area (Å²) in [4.78, 5) is 25.5. The standard InChI is InChI=1S/C18H25ClN2O3/c19-15-7-9-16(10-8-15)24-14-4-5-17(22)20-11-13-21-12-3-1-2-6-18(21)23/h7-10H,1-6,11-14H2,(H,20,22). The summed E-state index contributed by atoms with van der Waals surface area (Å²) < 4.78 is 5.55. The summed E-state index contributed by atoms with van der Waals surface area (Å²) in [7, 11) is 0. The molecule has 0 atom stereocenters. The second kappa shape index (κ2) is 10.2. The number of hydrogen-bond donors (Lipinski definition) is 1. The highest BCUT2D eigenvalue weighted by molar-refractivity contribution is 6.30. The van der Waals surface area contributed by atoms with E-state index >= 15 is 0 Å². The molecule has 0 aliphatic carbocycles. The molecule has 0 bridgehead atoms. The Balaban J connectivity index is 1.54. The van der Waals surface area contributed by atoms with Crippen LogP contribution in [-0.2, 0) is 9.59 Å². The Bertz CT molecular complexity index is 534. The smallest absolute Gasteiger partial charge is 0.222 e. The van der Waals surface area contributed by atoms with Gasteiger partial charge in [0.05, 0.1) is 6.61 Å². The van der Waals surface area contributed by atoms with Gasteiger partial charge < -0.3 is 15.0 Å². The van der Waals surface area contributed by atoms with Crippen LogP contribution < -0.4 is 10.1 Å². The summed E-state index contributed by atoms with van der Waals surface area (Å²) in [5.74, 6) is 0.953. The van der Waals surface area contributed by atoms with Crippen LogP contribution in [0.25, 0.3) is 0 Å². The van der Waals surface area contributed by atoms with Gasteiger partial charge in [-0.1, -0.05) is 18.0 Å². The summed E-state index contributed by atoms with van der Waals surface area (Å²) in [5, 5.41) is 3.54. The number of halogens is 1. The molecule has 0 saturated carbocycles. The molecule has 0 spiro atoms. The highest BCUT2D eigenvalue weighted by Crippen LogP contribution is 2.15. The van der Waals surface area contributed by atoms with Gasteiger partial charge in [0.15, 0.2) is 0 Å². The predicted octanol–water partition coefficient (Wildman–Crippen LogP) is 3.02. The molecule has 0 radical (unpaired) electrons. The summed E-state index contributed by atoms with van der Waals surface area (Å²) in [6, 6.07) is 7.16. The van der Waals surface area contributed by atoms with Gasteiger partial charge in [-0.3, -0.25) is 9.59 Å². The lowest BCUT2D eigenvalue weighted by molar-refractivity contribution is -0.131. The van der Waals surface area contributed by atoms with Gasteiger partial charge in [0, 0.05) is 37.5 Å². The van der Waals surface area contributed by atoms with E-state index in [1.165, 1.54) is 0 Å². The highest BCUT2D eigenvalue weighted by atomic mass is 35.5. The van der Waals surface area contributed by atoms with E-state index in [9.17, 15) is 9.59 Å². The Morgan fingerprint density at radius 1 is 1.21 bits per heavy atom. The van der Waals surface area contributed by atoms with Crippen molar-refractivity contribution in [3.63, 3.8) is 0 Å². The van der Waals surface area contributed by atoms with Crippen LogP contribution in [-0.4, -0.2) is 43.0 Å². The molecule has 24 heavy (non-hydrogen) atoms. The Kier molecular flexibility index (Phi) is 7.89. The van der Waals surface area contributed by atoms with Crippen molar-refractivity contribution in [3.05, 3.63) is 29.3 Å². The van der Waals surface area contributed by atoms with Crippen LogP contribution >= 0.6 is 11.6 Å². The van der Waals surface area contributed by atoms with Gasteiger partial charge in [-0.25, -0.2) is 0 Å². The second-order valence-corrected chi connectivity index (χ2v) is 6.38. The number of nitrogens with zero attached hydrogens (tertiary/aromatic N) is 1. The zero-order valence-corrected chi connectivity index (χ0v) is 14.7. The SMILES string of the molecule is O=C(CCCOc1ccc(Cl)cc1)NCCN1CCCCCC1=O. The summed E-state index contributed by atoms with van der Waals surface area (Å²) in [6.07, 6.45) is 4.86. The molecular weight excluding hydrogens is 328 g/mol. The lowest BCUT2D eigenvalue weighted by Crippen LogP contribution is -2.38. The van der Waals surface area contributed by atoms with Crippen molar-refractivity contribution in [3.8, 4) is 5.75 Å². The third kappa shape index (κ3) is 6.79. The maximum atomic E-state index is 11.8. The fraction of sp³-hybridized carbons (Fsp3) is 0.556. The Labute approximate surface area is 148 Å². The first kappa shape index (κ1) is 18.6. The first-order chi connectivity index (χ1) is 11.6. The minimum Gasteiger partial charge on any atom is -0.494 e. The molecule has 1 N–H and O–H groups in total. The van der Waals surface area contributed by atoms with Crippen LogP contribution in [0.1, 0.15) is 38.5 Å². The zero-order chi connectivity index (χ0) is 17.2. The molecule has 1 aromatic carbocycles. The van der Waals surface area contributed by atoms with E-state index in [4.69, 9.17) is 16.3 Å². The third-order valence-corrected chi connectivity index (χ3v) is 4.26. The largest absolute Gasteiger partial charge is 0.494 e. The first-order valence-electron chi connectivity index (χ1n) is 8.58. The molecule has 5 nitrogen and oxygen atoms in total. The third-order valence-electron chi connectivity index (χ3n) is 4.01. The van der Waals surface area contributed by atoms with Gasteiger partial charge in [0.25, 0.3) is 0 Å². The lowest BCUT2D eigenvalue weighted by Gasteiger charge is -2.20. The summed E-state index contributed by atoms with van der Waals surface area (Å²) in [6.45, 7) is 2.41. The molecule has 1 aliphatic heterocycles. The molecule has 1 heterocycles. The maximum absolute atomic E-state index is 11.8. The van der Waals surface area contributed by atoms with E-state index in [2.05, 4.69) is 5.32 Å². The van der Waals surface area contributed by atoms with Gasteiger partial charge in [-0.2, -0.15) is 0 Å². The number of nitrogens with one attached hydrogen (secondary N) is 1. The van der Waals surface area contributed by atoms with E-state index in [0.717, 1.165) is 31.6 Å². The van der Waals surface area contributed by atoms with E-state index in [1.807, 2.05) is 4.90 Å². The topological polar surface area (TPSA) is 58.6 Å². The fourth-order valence-corrected chi connectivity index (χ4v) is 2.77. The highest BCUT2D eigenvalue weighted by Gasteiger charge is 2.15. The average molecular weight is 353 g/mol. The number of carbonyl (C=O) groups is 2. The zero-order valence-electron chi connectivity index (χ0n) is 13.9. The number of rotatable bonds is 8. The van der Waals surface area contributed by atoms with Crippen molar-refractivity contribution in [2.24, 2.45) is 0 Å². The molecular formula is C18H25ClN2O3. The number of carbonyl (C=O) groups excluding carboxylic acids is 2. The molecule has 6 heteroatoms. The van der Waals surface area contributed by atoms with Crippen LogP contribution in [0, 0.1) is 0 Å². The van der Waals surface area contributed by atoms with Crippen LogP contribution in [0.15, 0.2) is 24.3 Å². The molecule has 2 amide bonds. The van der Waals surface area contributed by atoms with Crippen molar-refractivity contribution >= 4 is 23.4 Å². The van der Waals surface area contributed by atoms with Crippen LogP contribution in [0.4, 0.5) is 0 Å². The first-order valence-corrected chi connectivity index (χ1v) is 8.96. The number of ether oxygens (including phenoxy) is 1. The van der Waals surface area contributed by atoms with Gasteiger partial charge in [0.2, 0.25) is 11.8 Å². The minimum absolute atomic E-state index is 0.00280. The number of amides is 2. The normalized spacial score (nSPS) is 15.0. The van der Waals surface area contributed by atoms with Gasteiger partial charge in [-0.15, -0.1) is 0 Å². The Morgan fingerprint density at radius 3 is 2.79 bits per heavy atom. The molecule has 0 aromatic heterocycles. The van der Waals surface area contributed by atoms with Crippen molar-refractivity contribution < 1.29 is 14.3 Å². The second-order valence-electron chi connectivity index (χ2n) is 5.95. The monoisotopic (exact) mass is 352 g/mol. The van der Waals surface area contributed by atoms with E-state index < -0.39 is 0 Å². The van der Waals surface area contributed by atoms with Crippen molar-refractivity contribution in [2.45, 2.75) is 38.5 Å². The lowest BCUT2D eigenvalue weighted by atomic mass is 10.2. The quantitative estimate of drug-likeness (QED) is 0.732. The molecule has 2 rings (SSSR count). The number of hydrogen-bond acceptors (Lipinski definition) is 3. The van der Waals surface area contributed by atoms with E-state index in [-0.39, 0.29) is 11.8 Å². The van der Waals surface area contributed by atoms with Gasteiger partial charge in [0.1, 0.15) is 5.75 Å².